The van der Waals surface area contributed by atoms with Crippen LogP contribution in [0.15, 0.2) is 42.5 Å². The normalized spacial score (nSPS) is 11.5. The lowest BCUT2D eigenvalue weighted by molar-refractivity contribution is 0.425. The molecule has 0 radical (unpaired) electrons. The van der Waals surface area contributed by atoms with Crippen LogP contribution in [-0.2, 0) is 0 Å². The Morgan fingerprint density at radius 1 is 1.04 bits per heavy atom. The average Bonchev–Trinajstić information content (AvgIpc) is 3.16. The number of rotatable bonds is 5. The molecule has 0 bridgehead atoms. The number of H-pyrrole nitrogens is 1. The summed E-state index contributed by atoms with van der Waals surface area (Å²) < 4.78 is 0. The van der Waals surface area contributed by atoms with Gasteiger partial charge in [0.25, 0.3) is 0 Å². The lowest BCUT2D eigenvalue weighted by atomic mass is 10.0. The highest BCUT2D eigenvalue weighted by Gasteiger charge is 2.10. The minimum Gasteiger partial charge on any atom is -0.368 e. The minimum atomic E-state index is 0.568. The van der Waals surface area contributed by atoms with Crippen molar-refractivity contribution < 1.29 is 0 Å². The van der Waals surface area contributed by atoms with E-state index in [0.717, 1.165) is 40.8 Å². The molecule has 0 aliphatic rings. The Balaban J connectivity index is 1.84. The van der Waals surface area contributed by atoms with Crippen LogP contribution in [0.2, 0.25) is 0 Å². The third-order valence-corrected chi connectivity index (χ3v) is 4.16. The number of pyridine rings is 1. The van der Waals surface area contributed by atoms with E-state index in [1.165, 1.54) is 5.39 Å². The summed E-state index contributed by atoms with van der Waals surface area (Å²) in [6, 6.07) is 14.4. The minimum absolute atomic E-state index is 0.568. The highest BCUT2D eigenvalue weighted by atomic mass is 15.5. The summed E-state index contributed by atoms with van der Waals surface area (Å²) in [5.41, 5.74) is 1.80. The summed E-state index contributed by atoms with van der Waals surface area (Å²) >= 11 is 0. The van der Waals surface area contributed by atoms with Crippen LogP contribution in [0.3, 0.4) is 0 Å². The molecule has 4 aromatic rings. The Morgan fingerprint density at radius 3 is 2.64 bits per heavy atom. The zero-order valence-electron chi connectivity index (χ0n) is 14.2. The SMILES string of the molecule is CN(C)CCNc1nc2cc(-c3nn[nH]n3)ccc2c2ccccc12. The van der Waals surface area contributed by atoms with Gasteiger partial charge in [-0.05, 0) is 30.8 Å². The molecule has 0 unspecified atom stereocenters. The van der Waals surface area contributed by atoms with Gasteiger partial charge < -0.3 is 10.2 Å². The summed E-state index contributed by atoms with van der Waals surface area (Å²) in [6.45, 7) is 1.77. The van der Waals surface area contributed by atoms with E-state index in [2.05, 4.69) is 69.2 Å². The molecule has 0 fully saturated rings. The van der Waals surface area contributed by atoms with Crippen LogP contribution in [0.4, 0.5) is 5.82 Å². The second kappa shape index (κ2) is 6.45. The van der Waals surface area contributed by atoms with Gasteiger partial charge in [-0.2, -0.15) is 5.21 Å². The van der Waals surface area contributed by atoms with Crippen LogP contribution in [-0.4, -0.2) is 57.7 Å². The molecule has 25 heavy (non-hydrogen) atoms. The van der Waals surface area contributed by atoms with Crippen molar-refractivity contribution in [1.29, 1.82) is 0 Å². The maximum Gasteiger partial charge on any atom is 0.204 e. The Bertz CT molecular complexity index is 1010. The molecule has 2 aromatic carbocycles. The van der Waals surface area contributed by atoms with Crippen molar-refractivity contribution in [1.82, 2.24) is 30.5 Å². The van der Waals surface area contributed by atoms with Gasteiger partial charge >= 0.3 is 0 Å². The number of likely N-dealkylation sites (N-methyl/N-ethyl adjacent to an activating group) is 1. The van der Waals surface area contributed by atoms with Gasteiger partial charge in [0, 0.05) is 29.4 Å². The van der Waals surface area contributed by atoms with Crippen molar-refractivity contribution >= 4 is 27.5 Å². The molecule has 0 atom stereocenters. The lowest BCUT2D eigenvalue weighted by Crippen LogP contribution is -2.21. The molecular formula is C18H19N7. The van der Waals surface area contributed by atoms with Crippen molar-refractivity contribution in [3.05, 3.63) is 42.5 Å². The average molecular weight is 333 g/mol. The molecule has 7 heteroatoms. The number of nitrogens with one attached hydrogen (secondary N) is 2. The highest BCUT2D eigenvalue weighted by molar-refractivity contribution is 6.10. The van der Waals surface area contributed by atoms with E-state index in [-0.39, 0.29) is 0 Å². The molecule has 2 aromatic heterocycles. The number of fused-ring (bicyclic) bond motifs is 3. The summed E-state index contributed by atoms with van der Waals surface area (Å²) in [5.74, 6) is 1.47. The van der Waals surface area contributed by atoms with E-state index >= 15 is 0 Å². The number of tetrazole rings is 1. The van der Waals surface area contributed by atoms with Crippen LogP contribution in [0.1, 0.15) is 0 Å². The second-order valence-electron chi connectivity index (χ2n) is 6.20. The molecule has 0 saturated heterocycles. The fourth-order valence-corrected chi connectivity index (χ4v) is 2.91. The van der Waals surface area contributed by atoms with E-state index < -0.39 is 0 Å². The molecule has 2 heterocycles. The van der Waals surface area contributed by atoms with Crippen LogP contribution in [0.25, 0.3) is 33.1 Å². The van der Waals surface area contributed by atoms with Gasteiger partial charge in [-0.1, -0.05) is 36.4 Å². The number of hydrogen-bond acceptors (Lipinski definition) is 6. The molecule has 0 aliphatic heterocycles. The first-order chi connectivity index (χ1) is 12.2. The van der Waals surface area contributed by atoms with Gasteiger partial charge in [0.15, 0.2) is 0 Å². The highest BCUT2D eigenvalue weighted by Crippen LogP contribution is 2.31. The van der Waals surface area contributed by atoms with Gasteiger partial charge in [-0.25, -0.2) is 4.98 Å². The number of aromatic nitrogens is 5. The van der Waals surface area contributed by atoms with Gasteiger partial charge in [0.1, 0.15) is 5.82 Å². The Kier molecular flexibility index (Phi) is 3.99. The van der Waals surface area contributed by atoms with Gasteiger partial charge in [0.2, 0.25) is 5.82 Å². The summed E-state index contributed by atoms with van der Waals surface area (Å²) in [7, 11) is 4.12. The quantitative estimate of drug-likeness (QED) is 0.546. The Morgan fingerprint density at radius 2 is 1.88 bits per heavy atom. The topological polar surface area (TPSA) is 82.6 Å². The molecular weight excluding hydrogens is 314 g/mol. The number of aromatic amines is 1. The summed E-state index contributed by atoms with van der Waals surface area (Å²) in [5, 5.41) is 21.1. The Labute approximate surface area is 145 Å². The van der Waals surface area contributed by atoms with E-state index in [9.17, 15) is 0 Å². The predicted molar refractivity (Wildman–Crippen MR) is 99.5 cm³/mol. The third kappa shape index (κ3) is 3.01. The van der Waals surface area contributed by atoms with Crippen LogP contribution >= 0.6 is 0 Å². The molecule has 0 spiro atoms. The monoisotopic (exact) mass is 333 g/mol. The molecule has 7 nitrogen and oxygen atoms in total. The van der Waals surface area contributed by atoms with Crippen molar-refractivity contribution in [3.63, 3.8) is 0 Å². The first-order valence-electron chi connectivity index (χ1n) is 8.17. The summed E-state index contributed by atoms with van der Waals surface area (Å²) in [6.07, 6.45) is 0. The van der Waals surface area contributed by atoms with Crippen molar-refractivity contribution in [2.75, 3.05) is 32.5 Å². The molecule has 4 rings (SSSR count). The molecule has 2 N–H and O–H groups in total. The van der Waals surface area contributed by atoms with Crippen molar-refractivity contribution in [3.8, 4) is 11.4 Å². The first-order valence-corrected chi connectivity index (χ1v) is 8.17. The van der Waals surface area contributed by atoms with Gasteiger partial charge in [-0.15, -0.1) is 10.2 Å². The maximum atomic E-state index is 4.85. The predicted octanol–water partition coefficient (Wildman–Crippen LogP) is 2.54. The van der Waals surface area contributed by atoms with E-state index in [1.807, 2.05) is 18.2 Å². The number of benzene rings is 2. The van der Waals surface area contributed by atoms with Gasteiger partial charge in [0.05, 0.1) is 5.52 Å². The first kappa shape index (κ1) is 15.5. The van der Waals surface area contributed by atoms with Crippen LogP contribution in [0.5, 0.6) is 0 Å². The fraction of sp³-hybridized carbons (Fsp3) is 0.222. The smallest absolute Gasteiger partial charge is 0.204 e. The largest absolute Gasteiger partial charge is 0.368 e. The van der Waals surface area contributed by atoms with Crippen molar-refractivity contribution in [2.45, 2.75) is 0 Å². The van der Waals surface area contributed by atoms with E-state index in [1.54, 1.807) is 0 Å². The molecule has 126 valence electrons. The molecule has 0 saturated carbocycles. The lowest BCUT2D eigenvalue weighted by Gasteiger charge is -2.14. The van der Waals surface area contributed by atoms with Crippen molar-refractivity contribution in [2.24, 2.45) is 0 Å². The zero-order valence-corrected chi connectivity index (χ0v) is 14.2. The molecule has 0 aliphatic carbocycles. The van der Waals surface area contributed by atoms with E-state index in [4.69, 9.17) is 4.98 Å². The Hall–Kier alpha value is -3.06. The zero-order chi connectivity index (χ0) is 17.2. The third-order valence-electron chi connectivity index (χ3n) is 4.16. The van der Waals surface area contributed by atoms with E-state index in [0.29, 0.717) is 5.82 Å². The van der Waals surface area contributed by atoms with Gasteiger partial charge in [-0.3, -0.25) is 0 Å². The maximum absolute atomic E-state index is 4.85. The number of nitrogens with zero attached hydrogens (tertiary/aromatic N) is 5. The standard InChI is InChI=1S/C18H19N7/c1-25(2)10-9-19-18-15-6-4-3-5-13(15)14-8-7-12(11-16(14)20-18)17-21-23-24-22-17/h3-8,11H,9-10H2,1-2H3,(H,19,20)(H,21,22,23,24). The van der Waals surface area contributed by atoms with Crippen LogP contribution in [0, 0.1) is 0 Å². The fourth-order valence-electron chi connectivity index (χ4n) is 2.91. The second-order valence-corrected chi connectivity index (χ2v) is 6.20. The number of anilines is 1. The molecule has 0 amide bonds. The van der Waals surface area contributed by atoms with Crippen LogP contribution < -0.4 is 5.32 Å². The summed E-state index contributed by atoms with van der Waals surface area (Å²) in [4.78, 5) is 7.00. The number of hydrogen-bond donors (Lipinski definition) is 2.